The van der Waals surface area contributed by atoms with Crippen molar-refractivity contribution in [2.75, 3.05) is 22.9 Å². The first-order valence-corrected chi connectivity index (χ1v) is 9.89. The highest BCUT2D eigenvalue weighted by atomic mass is 16.6. The minimum atomic E-state index is -0.331. The number of para-hydroxylation sites is 1. The topological polar surface area (TPSA) is 75.4 Å². The highest BCUT2D eigenvalue weighted by Gasteiger charge is 2.33. The molecule has 0 N–H and O–H groups in total. The number of fused-ring (bicyclic) bond motifs is 2. The van der Waals surface area contributed by atoms with Crippen LogP contribution in [0, 0.1) is 10.1 Å². The van der Waals surface area contributed by atoms with Gasteiger partial charge >= 0.3 is 5.69 Å². The van der Waals surface area contributed by atoms with Crippen molar-refractivity contribution in [1.82, 2.24) is 9.97 Å². The lowest BCUT2D eigenvalue weighted by Gasteiger charge is -2.32. The van der Waals surface area contributed by atoms with Gasteiger partial charge in [-0.15, -0.1) is 0 Å². The molecule has 0 spiro atoms. The highest BCUT2D eigenvalue weighted by Crippen LogP contribution is 2.41. The van der Waals surface area contributed by atoms with Crippen molar-refractivity contribution in [2.24, 2.45) is 0 Å². The van der Waals surface area contributed by atoms with E-state index in [9.17, 15) is 10.1 Å². The maximum atomic E-state index is 12.2. The molecule has 0 aliphatic carbocycles. The molecule has 1 aromatic heterocycles. The molecular weight excluding hydrogens is 366 g/mol. The highest BCUT2D eigenvalue weighted by molar-refractivity contribution is 5.78. The first-order chi connectivity index (χ1) is 14.2. The van der Waals surface area contributed by atoms with Crippen molar-refractivity contribution < 1.29 is 4.92 Å². The number of benzene rings is 2. The average molecular weight is 387 g/mol. The van der Waals surface area contributed by atoms with E-state index in [1.807, 2.05) is 40.1 Å². The van der Waals surface area contributed by atoms with Crippen LogP contribution in [0.3, 0.4) is 0 Å². The van der Waals surface area contributed by atoms with Crippen LogP contribution in [0.25, 0.3) is 0 Å². The number of anilines is 3. The Kier molecular flexibility index (Phi) is 4.35. The van der Waals surface area contributed by atoms with Crippen LogP contribution in [0.5, 0.6) is 0 Å². The van der Waals surface area contributed by atoms with Crippen molar-refractivity contribution in [3.8, 4) is 0 Å². The predicted octanol–water partition coefficient (Wildman–Crippen LogP) is 4.03. The van der Waals surface area contributed by atoms with E-state index in [2.05, 4.69) is 28.2 Å². The van der Waals surface area contributed by atoms with Crippen LogP contribution in [0.2, 0.25) is 0 Å². The lowest BCUT2D eigenvalue weighted by molar-refractivity contribution is -0.383. The van der Waals surface area contributed by atoms with Gasteiger partial charge in [-0.05, 0) is 42.0 Å². The van der Waals surface area contributed by atoms with Gasteiger partial charge in [0.05, 0.1) is 4.92 Å². The van der Waals surface area contributed by atoms with Crippen LogP contribution in [0.15, 0.2) is 54.9 Å². The van der Waals surface area contributed by atoms with E-state index in [0.29, 0.717) is 31.3 Å². The molecular formula is C22H21N5O2. The number of aryl methyl sites for hydroxylation is 1. The van der Waals surface area contributed by atoms with Gasteiger partial charge in [-0.25, -0.2) is 9.97 Å². The molecule has 29 heavy (non-hydrogen) atoms. The molecule has 0 bridgehead atoms. The van der Waals surface area contributed by atoms with Crippen LogP contribution >= 0.6 is 0 Å². The van der Waals surface area contributed by atoms with Gasteiger partial charge in [0.2, 0.25) is 11.6 Å². The molecule has 0 amide bonds. The van der Waals surface area contributed by atoms with Crippen molar-refractivity contribution >= 4 is 23.0 Å². The van der Waals surface area contributed by atoms with Crippen LogP contribution in [0.1, 0.15) is 23.1 Å². The van der Waals surface area contributed by atoms with Gasteiger partial charge in [-0.3, -0.25) is 10.1 Å². The van der Waals surface area contributed by atoms with E-state index in [1.165, 1.54) is 23.0 Å². The van der Waals surface area contributed by atoms with Crippen molar-refractivity contribution in [2.45, 2.75) is 25.8 Å². The average Bonchev–Trinajstić information content (AvgIpc) is 2.77. The maximum absolute atomic E-state index is 12.2. The van der Waals surface area contributed by atoms with Crippen LogP contribution in [-0.4, -0.2) is 28.0 Å². The van der Waals surface area contributed by atoms with Crippen LogP contribution in [0.4, 0.5) is 23.0 Å². The molecule has 3 heterocycles. The number of rotatable bonds is 3. The summed E-state index contributed by atoms with van der Waals surface area (Å²) in [6.45, 7) is 2.02. The van der Waals surface area contributed by atoms with E-state index >= 15 is 0 Å². The molecule has 3 aromatic rings. The quantitative estimate of drug-likeness (QED) is 0.499. The summed E-state index contributed by atoms with van der Waals surface area (Å²) in [5.74, 6) is 0.781. The molecule has 0 fully saturated rings. The third-order valence-electron chi connectivity index (χ3n) is 5.76. The van der Waals surface area contributed by atoms with Gasteiger partial charge < -0.3 is 9.80 Å². The van der Waals surface area contributed by atoms with E-state index in [-0.39, 0.29) is 10.6 Å². The van der Waals surface area contributed by atoms with Gasteiger partial charge in [-0.2, -0.15) is 0 Å². The zero-order valence-electron chi connectivity index (χ0n) is 16.0. The second-order valence-corrected chi connectivity index (χ2v) is 7.45. The Morgan fingerprint density at radius 1 is 0.862 bits per heavy atom. The van der Waals surface area contributed by atoms with Crippen LogP contribution < -0.4 is 9.80 Å². The monoisotopic (exact) mass is 387 g/mol. The Bertz CT molecular complexity index is 1080. The summed E-state index contributed by atoms with van der Waals surface area (Å²) in [6.07, 6.45) is 4.21. The lowest BCUT2D eigenvalue weighted by Crippen LogP contribution is -2.32. The minimum Gasteiger partial charge on any atom is -0.346 e. The fraction of sp³-hybridized carbons (Fsp3) is 0.273. The number of hydrogen-bond acceptors (Lipinski definition) is 6. The van der Waals surface area contributed by atoms with Gasteiger partial charge in [0, 0.05) is 25.3 Å². The number of aromatic nitrogens is 2. The van der Waals surface area contributed by atoms with E-state index in [0.717, 1.165) is 24.9 Å². The van der Waals surface area contributed by atoms with Gasteiger partial charge in [0.1, 0.15) is 6.33 Å². The first-order valence-electron chi connectivity index (χ1n) is 9.89. The fourth-order valence-electron chi connectivity index (χ4n) is 4.38. The summed E-state index contributed by atoms with van der Waals surface area (Å²) < 4.78 is 0. The molecule has 7 heteroatoms. The lowest BCUT2D eigenvalue weighted by atomic mass is 10.00. The second-order valence-electron chi connectivity index (χ2n) is 7.45. The summed E-state index contributed by atoms with van der Waals surface area (Å²) >= 11 is 0. The Balaban J connectivity index is 1.59. The summed E-state index contributed by atoms with van der Waals surface area (Å²) in [4.78, 5) is 24.5. The van der Waals surface area contributed by atoms with Crippen molar-refractivity contribution in [3.63, 3.8) is 0 Å². The van der Waals surface area contributed by atoms with Crippen LogP contribution in [-0.2, 0) is 19.4 Å². The molecule has 2 aliphatic heterocycles. The largest absolute Gasteiger partial charge is 0.354 e. The second kappa shape index (κ2) is 7.16. The standard InChI is InChI=1S/C22H21N5O2/c28-27(29)20-21(25-13-11-16-6-1-2-8-18(16)14-25)23-15-24-22(20)26-12-5-9-17-7-3-4-10-19(17)26/h1-4,6-8,10,15H,5,9,11-14H2. The molecule has 2 aromatic carbocycles. The van der Waals surface area contributed by atoms with Gasteiger partial charge in [0.25, 0.3) is 0 Å². The fourth-order valence-corrected chi connectivity index (χ4v) is 4.38. The maximum Gasteiger partial charge on any atom is 0.354 e. The minimum absolute atomic E-state index is 0.0106. The summed E-state index contributed by atoms with van der Waals surface area (Å²) in [5, 5.41) is 12.2. The summed E-state index contributed by atoms with van der Waals surface area (Å²) in [6, 6.07) is 16.3. The van der Waals surface area contributed by atoms with Gasteiger partial charge in [0.15, 0.2) is 0 Å². The molecule has 0 saturated heterocycles. The number of nitro groups is 1. The molecule has 0 atom stereocenters. The van der Waals surface area contributed by atoms with E-state index in [4.69, 9.17) is 0 Å². The normalized spacial score (nSPS) is 15.6. The Labute approximate surface area is 168 Å². The molecule has 0 radical (unpaired) electrons. The zero-order valence-corrected chi connectivity index (χ0v) is 16.0. The SMILES string of the molecule is O=[N+]([O-])c1c(N2CCc3ccccc3C2)ncnc1N1CCCc2ccccc21. The Morgan fingerprint density at radius 3 is 2.41 bits per heavy atom. The molecule has 146 valence electrons. The molecule has 7 nitrogen and oxygen atoms in total. The Hall–Kier alpha value is -3.48. The number of hydrogen-bond donors (Lipinski definition) is 0. The van der Waals surface area contributed by atoms with Crippen molar-refractivity contribution in [1.29, 1.82) is 0 Å². The van der Waals surface area contributed by atoms with Gasteiger partial charge in [-0.1, -0.05) is 42.5 Å². The summed E-state index contributed by atoms with van der Waals surface area (Å²) in [7, 11) is 0. The first kappa shape index (κ1) is 17.6. The number of nitrogens with zero attached hydrogens (tertiary/aromatic N) is 5. The van der Waals surface area contributed by atoms with Crippen molar-refractivity contribution in [3.05, 3.63) is 81.7 Å². The summed E-state index contributed by atoms with van der Waals surface area (Å²) in [5.41, 5.74) is 4.67. The molecule has 5 rings (SSSR count). The molecule has 0 saturated carbocycles. The third-order valence-corrected chi connectivity index (χ3v) is 5.76. The predicted molar refractivity (Wildman–Crippen MR) is 112 cm³/mol. The van der Waals surface area contributed by atoms with E-state index < -0.39 is 0 Å². The molecule has 0 unspecified atom stereocenters. The zero-order chi connectivity index (χ0) is 19.8. The van der Waals surface area contributed by atoms with E-state index in [1.54, 1.807) is 0 Å². The smallest absolute Gasteiger partial charge is 0.346 e. The third kappa shape index (κ3) is 3.08. The Morgan fingerprint density at radius 2 is 1.59 bits per heavy atom. The molecule has 2 aliphatic rings.